The van der Waals surface area contributed by atoms with Gasteiger partial charge in [-0.3, -0.25) is 0 Å². The number of fused-ring (bicyclic) bond motifs is 1. The fraction of sp³-hybridized carbons (Fsp3) is 0.375. The van der Waals surface area contributed by atoms with Gasteiger partial charge < -0.3 is 20.5 Å². The number of anilines is 1. The van der Waals surface area contributed by atoms with Crippen LogP contribution in [0.5, 0.6) is 5.75 Å². The van der Waals surface area contributed by atoms with E-state index in [1.165, 1.54) is 30.6 Å². The second-order valence-corrected chi connectivity index (χ2v) is 6.97. The van der Waals surface area contributed by atoms with Crippen molar-refractivity contribution in [2.24, 2.45) is 5.73 Å². The molecule has 0 saturated carbocycles. The summed E-state index contributed by atoms with van der Waals surface area (Å²) >= 11 is 1.45. The van der Waals surface area contributed by atoms with E-state index in [0.29, 0.717) is 25.3 Å². The summed E-state index contributed by atoms with van der Waals surface area (Å²) in [7, 11) is 1.50. The lowest BCUT2D eigenvalue weighted by Gasteiger charge is -2.33. The smallest absolute Gasteiger partial charge is 0.214 e. The van der Waals surface area contributed by atoms with Gasteiger partial charge in [0.2, 0.25) is 10.1 Å². The standard InChI is InChI=1S/C16H18FN5O2S/c1-24-14-6-9(17)2-3-10(14)12-7-19-15-22(12)20-16(25-15)21-5-4-13(23)11(18)8-21/h2-3,6-7,11,13,23H,4-5,8,18H2,1H3/t11-,13-/m0/s1. The number of halogens is 1. The van der Waals surface area contributed by atoms with Crippen LogP contribution in [0, 0.1) is 5.82 Å². The van der Waals surface area contributed by atoms with Gasteiger partial charge in [-0.1, -0.05) is 11.3 Å². The van der Waals surface area contributed by atoms with Crippen LogP contribution < -0.4 is 15.4 Å². The van der Waals surface area contributed by atoms with Crippen LogP contribution in [0.2, 0.25) is 0 Å². The van der Waals surface area contributed by atoms with E-state index >= 15 is 0 Å². The molecule has 7 nitrogen and oxygen atoms in total. The molecule has 0 unspecified atom stereocenters. The van der Waals surface area contributed by atoms with Gasteiger partial charge in [0.05, 0.1) is 25.1 Å². The van der Waals surface area contributed by atoms with E-state index in [2.05, 4.69) is 15.0 Å². The van der Waals surface area contributed by atoms with E-state index in [9.17, 15) is 9.50 Å². The van der Waals surface area contributed by atoms with E-state index in [0.717, 1.165) is 21.3 Å². The van der Waals surface area contributed by atoms with Crippen LogP contribution >= 0.6 is 11.3 Å². The molecule has 3 N–H and O–H groups in total. The maximum absolute atomic E-state index is 13.5. The molecule has 3 aromatic rings. The molecular weight excluding hydrogens is 345 g/mol. The number of ether oxygens (including phenoxy) is 1. The molecule has 2 aromatic heterocycles. The van der Waals surface area contributed by atoms with Crippen molar-refractivity contribution in [3.63, 3.8) is 0 Å². The summed E-state index contributed by atoms with van der Waals surface area (Å²) in [5.74, 6) is 0.0701. The predicted octanol–water partition coefficient (Wildman–Crippen LogP) is 1.50. The Morgan fingerprint density at radius 2 is 2.28 bits per heavy atom. The zero-order valence-corrected chi connectivity index (χ0v) is 14.4. The minimum atomic E-state index is -0.473. The molecule has 0 bridgehead atoms. The lowest BCUT2D eigenvalue weighted by atomic mass is 10.0. The summed E-state index contributed by atoms with van der Waals surface area (Å²) in [6.45, 7) is 1.24. The number of methoxy groups -OCH3 is 1. The van der Waals surface area contributed by atoms with Crippen LogP contribution in [-0.4, -0.2) is 52.0 Å². The minimum Gasteiger partial charge on any atom is -0.496 e. The first-order valence-corrected chi connectivity index (χ1v) is 8.75. The van der Waals surface area contributed by atoms with Gasteiger partial charge in [-0.15, -0.1) is 5.10 Å². The number of aliphatic hydroxyl groups excluding tert-OH is 1. The Balaban J connectivity index is 1.72. The van der Waals surface area contributed by atoms with Crippen molar-refractivity contribution in [3.8, 4) is 17.0 Å². The minimum absolute atomic E-state index is 0.290. The van der Waals surface area contributed by atoms with Gasteiger partial charge in [0.1, 0.15) is 11.6 Å². The Morgan fingerprint density at radius 3 is 3.04 bits per heavy atom. The number of rotatable bonds is 3. The molecule has 0 amide bonds. The summed E-state index contributed by atoms with van der Waals surface area (Å²) in [6.07, 6.45) is 1.84. The van der Waals surface area contributed by atoms with Crippen LogP contribution in [0.15, 0.2) is 24.4 Å². The van der Waals surface area contributed by atoms with E-state index in [4.69, 9.17) is 10.5 Å². The molecule has 1 aliphatic heterocycles. The van der Waals surface area contributed by atoms with Crippen molar-refractivity contribution < 1.29 is 14.2 Å². The highest BCUT2D eigenvalue weighted by Crippen LogP contribution is 2.34. The summed E-state index contributed by atoms with van der Waals surface area (Å²) < 4.78 is 20.5. The third-order valence-corrected chi connectivity index (χ3v) is 5.39. The van der Waals surface area contributed by atoms with Crippen molar-refractivity contribution >= 4 is 21.4 Å². The van der Waals surface area contributed by atoms with Crippen LogP contribution in [0.4, 0.5) is 9.52 Å². The normalized spacial score (nSPS) is 21.0. The van der Waals surface area contributed by atoms with Crippen LogP contribution in [0.25, 0.3) is 16.2 Å². The van der Waals surface area contributed by atoms with E-state index in [1.807, 2.05) is 0 Å². The lowest BCUT2D eigenvalue weighted by molar-refractivity contribution is 0.124. The Kier molecular flexibility index (Phi) is 4.06. The Bertz CT molecular complexity index is 911. The number of nitrogens with two attached hydrogens (primary N) is 1. The van der Waals surface area contributed by atoms with Gasteiger partial charge in [-0.05, 0) is 18.6 Å². The fourth-order valence-electron chi connectivity index (χ4n) is 3.01. The lowest BCUT2D eigenvalue weighted by Crippen LogP contribution is -2.51. The number of aromatic nitrogens is 3. The molecule has 1 aromatic carbocycles. The monoisotopic (exact) mass is 363 g/mol. The molecule has 132 valence electrons. The summed E-state index contributed by atoms with van der Waals surface area (Å²) in [6, 6.07) is 4.09. The van der Waals surface area contributed by atoms with Crippen molar-refractivity contribution in [2.75, 3.05) is 25.1 Å². The molecule has 9 heteroatoms. The van der Waals surface area contributed by atoms with E-state index in [1.54, 1.807) is 16.8 Å². The fourth-order valence-corrected chi connectivity index (χ4v) is 3.93. The number of benzene rings is 1. The molecule has 0 radical (unpaired) electrons. The predicted molar refractivity (Wildman–Crippen MR) is 93.6 cm³/mol. The third kappa shape index (κ3) is 2.84. The van der Waals surface area contributed by atoms with Crippen molar-refractivity contribution in [1.82, 2.24) is 14.6 Å². The Labute approximate surface area is 147 Å². The molecule has 1 saturated heterocycles. The highest BCUT2D eigenvalue weighted by atomic mass is 32.1. The number of aliphatic hydroxyl groups is 1. The maximum Gasteiger partial charge on any atom is 0.214 e. The second kappa shape index (κ2) is 6.25. The Morgan fingerprint density at radius 1 is 1.44 bits per heavy atom. The topological polar surface area (TPSA) is 88.9 Å². The number of imidazole rings is 1. The largest absolute Gasteiger partial charge is 0.496 e. The van der Waals surface area contributed by atoms with Gasteiger partial charge in [-0.2, -0.15) is 0 Å². The van der Waals surface area contributed by atoms with Gasteiger partial charge in [0, 0.05) is 30.8 Å². The second-order valence-electron chi connectivity index (χ2n) is 6.03. The zero-order chi connectivity index (χ0) is 17.6. The highest BCUT2D eigenvalue weighted by Gasteiger charge is 2.27. The van der Waals surface area contributed by atoms with Gasteiger partial charge >= 0.3 is 0 Å². The molecule has 0 spiro atoms. The molecule has 3 heterocycles. The summed E-state index contributed by atoms with van der Waals surface area (Å²) in [5.41, 5.74) is 7.41. The van der Waals surface area contributed by atoms with Gasteiger partial charge in [0.25, 0.3) is 0 Å². The molecule has 25 heavy (non-hydrogen) atoms. The molecule has 2 atom stereocenters. The first kappa shape index (κ1) is 16.2. The van der Waals surface area contributed by atoms with E-state index in [-0.39, 0.29) is 11.9 Å². The molecule has 4 rings (SSSR count). The maximum atomic E-state index is 13.5. The average Bonchev–Trinajstić information content (AvgIpc) is 3.18. The Hall–Kier alpha value is -2.23. The highest BCUT2D eigenvalue weighted by molar-refractivity contribution is 7.20. The summed E-state index contributed by atoms with van der Waals surface area (Å²) in [4.78, 5) is 7.20. The first-order chi connectivity index (χ1) is 12.1. The van der Waals surface area contributed by atoms with Gasteiger partial charge in [0.15, 0.2) is 0 Å². The van der Waals surface area contributed by atoms with Crippen LogP contribution in [0.3, 0.4) is 0 Å². The summed E-state index contributed by atoms with van der Waals surface area (Å²) in [5, 5.41) is 15.2. The van der Waals surface area contributed by atoms with Crippen molar-refractivity contribution in [1.29, 1.82) is 0 Å². The number of nitrogens with zero attached hydrogens (tertiary/aromatic N) is 4. The molecule has 0 aliphatic carbocycles. The molecule has 1 fully saturated rings. The molecular formula is C16H18FN5O2S. The molecule has 1 aliphatic rings. The third-order valence-electron chi connectivity index (χ3n) is 4.41. The zero-order valence-electron chi connectivity index (χ0n) is 13.6. The number of hydrogen-bond donors (Lipinski definition) is 2. The average molecular weight is 363 g/mol. The quantitative estimate of drug-likeness (QED) is 0.733. The van der Waals surface area contributed by atoms with E-state index < -0.39 is 6.10 Å². The number of hydrogen-bond acceptors (Lipinski definition) is 7. The first-order valence-electron chi connectivity index (χ1n) is 7.94. The number of piperidine rings is 1. The van der Waals surface area contributed by atoms with Gasteiger partial charge in [-0.25, -0.2) is 13.9 Å². The van der Waals surface area contributed by atoms with Crippen LogP contribution in [0.1, 0.15) is 6.42 Å². The SMILES string of the molecule is COc1cc(F)ccc1-c1cnc2sc(N3CC[C@H](O)[C@@H](N)C3)nn12. The van der Waals surface area contributed by atoms with Crippen LogP contribution in [-0.2, 0) is 0 Å². The van der Waals surface area contributed by atoms with Crippen molar-refractivity contribution in [3.05, 3.63) is 30.2 Å². The van der Waals surface area contributed by atoms with Crippen molar-refractivity contribution in [2.45, 2.75) is 18.6 Å².